The number of anilines is 2. The SMILES string of the molecule is Cc1cc(C(C)Nc2ccc(Cl)nc2C(=O)O)c2oc(N3CCCCC3)c(C)c(=O)c2c1. The second-order valence-corrected chi connectivity index (χ2v) is 8.73. The molecule has 32 heavy (non-hydrogen) atoms. The van der Waals surface area contributed by atoms with Crippen LogP contribution in [0.2, 0.25) is 5.15 Å². The third-order valence-electron chi connectivity index (χ3n) is 5.91. The van der Waals surface area contributed by atoms with Gasteiger partial charge in [-0.3, -0.25) is 4.79 Å². The van der Waals surface area contributed by atoms with E-state index in [1.54, 1.807) is 6.07 Å². The Morgan fingerprint density at radius 2 is 1.94 bits per heavy atom. The van der Waals surface area contributed by atoms with Crippen molar-refractivity contribution in [3.8, 4) is 0 Å². The summed E-state index contributed by atoms with van der Waals surface area (Å²) < 4.78 is 6.39. The van der Waals surface area contributed by atoms with Crippen LogP contribution in [0, 0.1) is 13.8 Å². The van der Waals surface area contributed by atoms with Crippen LogP contribution in [0.4, 0.5) is 11.6 Å². The van der Waals surface area contributed by atoms with Crippen LogP contribution >= 0.6 is 11.6 Å². The van der Waals surface area contributed by atoms with E-state index in [1.807, 2.05) is 32.9 Å². The van der Waals surface area contributed by atoms with Gasteiger partial charge in [0.05, 0.1) is 22.7 Å². The average Bonchev–Trinajstić information content (AvgIpc) is 2.77. The molecular weight excluding hydrogens is 430 g/mol. The smallest absolute Gasteiger partial charge is 0.356 e. The summed E-state index contributed by atoms with van der Waals surface area (Å²) in [4.78, 5) is 31.0. The molecular formula is C24H26ClN3O4. The summed E-state index contributed by atoms with van der Waals surface area (Å²) in [5, 5.41) is 13.4. The summed E-state index contributed by atoms with van der Waals surface area (Å²) in [6.45, 7) is 7.37. The third kappa shape index (κ3) is 4.17. The minimum absolute atomic E-state index is 0.0386. The van der Waals surface area contributed by atoms with Gasteiger partial charge in [-0.05, 0) is 63.8 Å². The summed E-state index contributed by atoms with van der Waals surface area (Å²) in [7, 11) is 0. The minimum Gasteiger partial charge on any atom is -0.476 e. The number of fused-ring (bicyclic) bond motifs is 1. The van der Waals surface area contributed by atoms with Crippen LogP contribution in [0.15, 0.2) is 33.5 Å². The van der Waals surface area contributed by atoms with Crippen molar-refractivity contribution in [2.24, 2.45) is 0 Å². The molecule has 4 rings (SSSR count). The summed E-state index contributed by atoms with van der Waals surface area (Å²) in [5.41, 5.74) is 2.98. The number of nitrogens with one attached hydrogen (secondary N) is 1. The Bertz CT molecular complexity index is 1250. The van der Waals surface area contributed by atoms with Gasteiger partial charge in [-0.1, -0.05) is 17.7 Å². The van der Waals surface area contributed by atoms with Crippen molar-refractivity contribution >= 4 is 40.1 Å². The van der Waals surface area contributed by atoms with Crippen LogP contribution in [-0.2, 0) is 0 Å². The first-order valence-electron chi connectivity index (χ1n) is 10.8. The zero-order valence-electron chi connectivity index (χ0n) is 18.4. The number of aryl methyl sites for hydroxylation is 1. The summed E-state index contributed by atoms with van der Waals surface area (Å²) in [6, 6.07) is 6.58. The number of piperidine rings is 1. The maximum absolute atomic E-state index is 13.2. The molecule has 3 aromatic rings. The molecule has 7 nitrogen and oxygen atoms in total. The second-order valence-electron chi connectivity index (χ2n) is 8.34. The zero-order chi connectivity index (χ0) is 23.0. The standard InChI is InChI=1S/C24H26ClN3O4/c1-13-11-16(15(3)26-18-7-8-19(25)27-20(18)24(30)31)22-17(12-13)21(29)14(2)23(32-22)28-9-5-4-6-10-28/h7-8,11-12,15,26H,4-6,9-10H2,1-3H3,(H,30,31). The molecule has 0 bridgehead atoms. The molecule has 2 N–H and O–H groups in total. The predicted octanol–water partition coefficient (Wildman–Crippen LogP) is 5.32. The first kappa shape index (κ1) is 22.1. The number of rotatable bonds is 5. The molecule has 0 aliphatic carbocycles. The van der Waals surface area contributed by atoms with Crippen LogP contribution in [0.25, 0.3) is 11.0 Å². The third-order valence-corrected chi connectivity index (χ3v) is 6.12. The van der Waals surface area contributed by atoms with E-state index in [0.717, 1.165) is 37.1 Å². The first-order chi connectivity index (χ1) is 15.3. The fourth-order valence-corrected chi connectivity index (χ4v) is 4.45. The second kappa shape index (κ2) is 8.82. The van der Waals surface area contributed by atoms with Gasteiger partial charge in [0.2, 0.25) is 5.88 Å². The van der Waals surface area contributed by atoms with Crippen LogP contribution in [0.5, 0.6) is 0 Å². The number of carboxylic acids is 1. The number of halogens is 1. The molecule has 0 amide bonds. The largest absolute Gasteiger partial charge is 0.476 e. The Labute approximate surface area is 191 Å². The lowest BCUT2D eigenvalue weighted by Gasteiger charge is -2.29. The van der Waals surface area contributed by atoms with Crippen LogP contribution in [0.3, 0.4) is 0 Å². The van der Waals surface area contributed by atoms with Gasteiger partial charge in [0.1, 0.15) is 10.7 Å². The van der Waals surface area contributed by atoms with E-state index in [9.17, 15) is 14.7 Å². The van der Waals surface area contributed by atoms with Crippen molar-refractivity contribution in [1.29, 1.82) is 0 Å². The van der Waals surface area contributed by atoms with E-state index >= 15 is 0 Å². The Morgan fingerprint density at radius 3 is 2.62 bits per heavy atom. The van der Waals surface area contributed by atoms with Gasteiger partial charge < -0.3 is 19.7 Å². The Morgan fingerprint density at radius 1 is 1.22 bits per heavy atom. The van der Waals surface area contributed by atoms with Crippen LogP contribution in [0.1, 0.15) is 59.4 Å². The van der Waals surface area contributed by atoms with Crippen LogP contribution in [-0.4, -0.2) is 29.1 Å². The lowest BCUT2D eigenvalue weighted by Crippen LogP contribution is -2.31. The molecule has 1 fully saturated rings. The van der Waals surface area contributed by atoms with Gasteiger partial charge in [0, 0.05) is 18.7 Å². The topological polar surface area (TPSA) is 95.7 Å². The van der Waals surface area contributed by atoms with Crippen molar-refractivity contribution in [1.82, 2.24) is 4.98 Å². The lowest BCUT2D eigenvalue weighted by molar-refractivity contribution is 0.0691. The number of pyridine rings is 1. The normalized spacial score (nSPS) is 15.1. The van der Waals surface area contributed by atoms with Gasteiger partial charge in [0.25, 0.3) is 0 Å². The number of aromatic nitrogens is 1. The van der Waals surface area contributed by atoms with E-state index in [1.165, 1.54) is 12.5 Å². The molecule has 0 radical (unpaired) electrons. The van der Waals surface area contributed by atoms with Gasteiger partial charge >= 0.3 is 5.97 Å². The van der Waals surface area contributed by atoms with Gasteiger partial charge in [0.15, 0.2) is 11.1 Å². The average molecular weight is 456 g/mol. The molecule has 1 aliphatic rings. The Hall–Kier alpha value is -3.06. The van der Waals surface area contributed by atoms with E-state index in [2.05, 4.69) is 15.2 Å². The number of nitrogens with zero attached hydrogens (tertiary/aromatic N) is 2. The maximum Gasteiger partial charge on any atom is 0.356 e. The van der Waals surface area contributed by atoms with Crippen molar-refractivity contribution in [2.75, 3.05) is 23.3 Å². The van der Waals surface area contributed by atoms with E-state index < -0.39 is 5.97 Å². The van der Waals surface area contributed by atoms with E-state index in [-0.39, 0.29) is 22.3 Å². The summed E-state index contributed by atoms with van der Waals surface area (Å²) >= 11 is 5.88. The van der Waals surface area contributed by atoms with Gasteiger partial charge in [-0.15, -0.1) is 0 Å². The van der Waals surface area contributed by atoms with Crippen molar-refractivity contribution in [3.05, 3.63) is 62.0 Å². The van der Waals surface area contributed by atoms with Crippen LogP contribution < -0.4 is 15.6 Å². The number of carboxylic acid groups (broad SMARTS) is 1. The number of carbonyl (C=O) groups is 1. The fraction of sp³-hybridized carbons (Fsp3) is 0.375. The molecule has 168 valence electrons. The van der Waals surface area contributed by atoms with Crippen molar-refractivity contribution < 1.29 is 14.3 Å². The molecule has 3 heterocycles. The Balaban J connectivity index is 1.82. The number of benzene rings is 1. The first-order valence-corrected chi connectivity index (χ1v) is 11.1. The minimum atomic E-state index is -1.18. The summed E-state index contributed by atoms with van der Waals surface area (Å²) in [5.74, 6) is -0.551. The molecule has 1 aliphatic heterocycles. The maximum atomic E-state index is 13.2. The lowest BCUT2D eigenvalue weighted by atomic mass is 10.00. The van der Waals surface area contributed by atoms with E-state index in [0.29, 0.717) is 28.1 Å². The zero-order valence-corrected chi connectivity index (χ0v) is 19.1. The van der Waals surface area contributed by atoms with Crippen molar-refractivity contribution in [3.63, 3.8) is 0 Å². The summed E-state index contributed by atoms with van der Waals surface area (Å²) in [6.07, 6.45) is 3.32. The fourth-order valence-electron chi connectivity index (χ4n) is 4.30. The van der Waals surface area contributed by atoms with Gasteiger partial charge in [-0.2, -0.15) is 0 Å². The predicted molar refractivity (Wildman–Crippen MR) is 126 cm³/mol. The molecule has 2 aromatic heterocycles. The highest BCUT2D eigenvalue weighted by molar-refractivity contribution is 6.29. The highest BCUT2D eigenvalue weighted by Gasteiger charge is 2.23. The molecule has 1 aromatic carbocycles. The molecule has 0 spiro atoms. The van der Waals surface area contributed by atoms with E-state index in [4.69, 9.17) is 16.0 Å². The molecule has 1 unspecified atom stereocenters. The quantitative estimate of drug-likeness (QED) is 0.502. The molecule has 1 atom stereocenters. The Kier molecular flexibility index (Phi) is 6.11. The monoisotopic (exact) mass is 455 g/mol. The molecule has 8 heteroatoms. The number of hydrogen-bond acceptors (Lipinski definition) is 6. The molecule has 0 saturated carbocycles. The molecule has 1 saturated heterocycles. The number of hydrogen-bond donors (Lipinski definition) is 2. The number of aromatic carboxylic acids is 1. The highest BCUT2D eigenvalue weighted by Crippen LogP contribution is 2.33. The van der Waals surface area contributed by atoms with Gasteiger partial charge in [-0.25, -0.2) is 9.78 Å². The highest BCUT2D eigenvalue weighted by atomic mass is 35.5. The van der Waals surface area contributed by atoms with Crippen molar-refractivity contribution in [2.45, 2.75) is 46.1 Å².